The molecule has 1 aliphatic rings. The summed E-state index contributed by atoms with van der Waals surface area (Å²) in [4.78, 5) is 61.4. The van der Waals surface area contributed by atoms with E-state index in [4.69, 9.17) is 15.9 Å². The lowest BCUT2D eigenvalue weighted by Crippen LogP contribution is -2.60. The number of aliphatic hydroxyl groups is 1. The summed E-state index contributed by atoms with van der Waals surface area (Å²) in [5.74, 6) is -3.81. The Kier molecular flexibility index (Phi) is 10.1. The molecule has 4 amide bonds. The lowest BCUT2D eigenvalue weighted by molar-refractivity contribution is -0.142. The van der Waals surface area contributed by atoms with Gasteiger partial charge in [0, 0.05) is 19.0 Å². The summed E-state index contributed by atoms with van der Waals surface area (Å²) >= 11 is 0.913. The Labute approximate surface area is 195 Å². The molecule has 0 saturated carbocycles. The van der Waals surface area contributed by atoms with Crippen LogP contribution in [0.4, 0.5) is 0 Å². The number of rotatable bonds is 11. The van der Waals surface area contributed by atoms with E-state index in [-0.39, 0.29) is 30.9 Å². The van der Waals surface area contributed by atoms with E-state index in [0.717, 1.165) is 17.3 Å². The summed E-state index contributed by atoms with van der Waals surface area (Å²) in [6, 6.07) is 6.51. The van der Waals surface area contributed by atoms with Crippen molar-refractivity contribution in [2.75, 3.05) is 24.7 Å². The second-order valence-electron chi connectivity index (χ2n) is 7.59. The van der Waals surface area contributed by atoms with Crippen LogP contribution in [0.1, 0.15) is 18.4 Å². The zero-order valence-electron chi connectivity index (χ0n) is 17.9. The van der Waals surface area contributed by atoms with Crippen molar-refractivity contribution in [3.63, 3.8) is 0 Å². The van der Waals surface area contributed by atoms with Crippen LogP contribution < -0.4 is 16.4 Å². The Balaban J connectivity index is 2.14. The molecule has 180 valence electrons. The number of primary amides is 1. The van der Waals surface area contributed by atoms with Gasteiger partial charge in [0.1, 0.15) is 18.7 Å². The average Bonchev–Trinajstić information content (AvgIpc) is 2.78. The molecule has 33 heavy (non-hydrogen) atoms. The lowest BCUT2D eigenvalue weighted by atomic mass is 9.95. The molecule has 1 heterocycles. The standard InChI is InChI=1S/C21H28N4O7S/c22-20(31)15(8-13-4-2-1-3-5-13)24-21(32)16-9-14(23-17(27)10-26)6-7-25(16)18(28)11-33-12-19(29)30/h1-5,14-16,26H,6-12H2,(H2,22,31)(H,23,27)(H,24,32)(H,29,30). The molecular weight excluding hydrogens is 452 g/mol. The molecule has 1 aliphatic heterocycles. The summed E-state index contributed by atoms with van der Waals surface area (Å²) in [7, 11) is 0. The van der Waals surface area contributed by atoms with E-state index in [9.17, 15) is 24.0 Å². The zero-order valence-corrected chi connectivity index (χ0v) is 18.8. The number of amides is 4. The van der Waals surface area contributed by atoms with Crippen molar-refractivity contribution in [1.29, 1.82) is 0 Å². The molecule has 1 aromatic rings. The monoisotopic (exact) mass is 480 g/mol. The van der Waals surface area contributed by atoms with E-state index in [2.05, 4.69) is 10.6 Å². The molecule has 3 unspecified atom stereocenters. The fourth-order valence-electron chi connectivity index (χ4n) is 3.57. The summed E-state index contributed by atoms with van der Waals surface area (Å²) in [5, 5.41) is 23.0. The number of aliphatic carboxylic acids is 1. The third-order valence-corrected chi connectivity index (χ3v) is 6.03. The number of carbonyl (C=O) groups excluding carboxylic acids is 4. The van der Waals surface area contributed by atoms with Gasteiger partial charge in [-0.3, -0.25) is 24.0 Å². The number of nitrogens with one attached hydrogen (secondary N) is 2. The highest BCUT2D eigenvalue weighted by molar-refractivity contribution is 8.00. The molecule has 3 atom stereocenters. The Bertz CT molecular complexity index is 867. The van der Waals surface area contributed by atoms with Gasteiger partial charge < -0.3 is 31.5 Å². The number of hydrogen-bond donors (Lipinski definition) is 5. The van der Waals surface area contributed by atoms with Gasteiger partial charge in [0.2, 0.25) is 23.6 Å². The third-order valence-electron chi connectivity index (χ3n) is 5.13. The van der Waals surface area contributed by atoms with Crippen LogP contribution in [0.3, 0.4) is 0 Å². The number of carboxylic acids is 1. The number of aliphatic hydroxyl groups excluding tert-OH is 1. The summed E-state index contributed by atoms with van der Waals surface area (Å²) in [5.41, 5.74) is 6.27. The maximum Gasteiger partial charge on any atom is 0.313 e. The minimum atomic E-state index is -1.06. The van der Waals surface area contributed by atoms with Gasteiger partial charge >= 0.3 is 5.97 Å². The minimum Gasteiger partial charge on any atom is -0.481 e. The average molecular weight is 481 g/mol. The van der Waals surface area contributed by atoms with Crippen molar-refractivity contribution >= 4 is 41.4 Å². The van der Waals surface area contributed by atoms with Gasteiger partial charge in [-0.05, 0) is 18.4 Å². The number of piperidine rings is 1. The van der Waals surface area contributed by atoms with E-state index < -0.39 is 54.3 Å². The number of thioether (sulfide) groups is 1. The van der Waals surface area contributed by atoms with Crippen molar-refractivity contribution in [2.45, 2.75) is 37.4 Å². The van der Waals surface area contributed by atoms with Crippen molar-refractivity contribution in [2.24, 2.45) is 5.73 Å². The molecule has 0 bridgehead atoms. The molecule has 0 spiro atoms. The molecule has 2 rings (SSSR count). The van der Waals surface area contributed by atoms with Crippen LogP contribution in [0.15, 0.2) is 30.3 Å². The van der Waals surface area contributed by atoms with Crippen LogP contribution in [0.25, 0.3) is 0 Å². The zero-order chi connectivity index (χ0) is 24.4. The molecular formula is C21H28N4O7S. The van der Waals surface area contributed by atoms with Crippen molar-refractivity contribution in [1.82, 2.24) is 15.5 Å². The van der Waals surface area contributed by atoms with Crippen LogP contribution in [-0.2, 0) is 30.4 Å². The van der Waals surface area contributed by atoms with Crippen LogP contribution in [0, 0.1) is 0 Å². The fourth-order valence-corrected chi connectivity index (χ4v) is 4.18. The highest BCUT2D eigenvalue weighted by Gasteiger charge is 2.37. The Hall–Kier alpha value is -3.12. The maximum atomic E-state index is 13.1. The first-order valence-corrected chi connectivity index (χ1v) is 11.5. The van der Waals surface area contributed by atoms with Crippen LogP contribution >= 0.6 is 11.8 Å². The van der Waals surface area contributed by atoms with Crippen molar-refractivity contribution in [3.05, 3.63) is 35.9 Å². The molecule has 1 fully saturated rings. The van der Waals surface area contributed by atoms with Gasteiger partial charge in [0.15, 0.2) is 0 Å². The number of likely N-dealkylation sites (tertiary alicyclic amines) is 1. The predicted octanol–water partition coefficient (Wildman–Crippen LogP) is -1.51. The van der Waals surface area contributed by atoms with E-state index >= 15 is 0 Å². The Morgan fingerprint density at radius 2 is 1.85 bits per heavy atom. The number of carbonyl (C=O) groups is 5. The molecule has 11 nitrogen and oxygen atoms in total. The topological polar surface area (TPSA) is 179 Å². The summed E-state index contributed by atoms with van der Waals surface area (Å²) in [6.07, 6.45) is 0.597. The second kappa shape index (κ2) is 12.8. The van der Waals surface area contributed by atoms with Crippen molar-refractivity contribution < 1.29 is 34.2 Å². The molecule has 0 aliphatic carbocycles. The van der Waals surface area contributed by atoms with Gasteiger partial charge in [-0.1, -0.05) is 30.3 Å². The van der Waals surface area contributed by atoms with Crippen LogP contribution in [-0.4, -0.2) is 87.5 Å². The smallest absolute Gasteiger partial charge is 0.313 e. The highest BCUT2D eigenvalue weighted by atomic mass is 32.2. The van der Waals surface area contributed by atoms with E-state index in [0.29, 0.717) is 6.42 Å². The second-order valence-corrected chi connectivity index (χ2v) is 8.58. The summed E-state index contributed by atoms with van der Waals surface area (Å²) in [6.45, 7) is -0.566. The van der Waals surface area contributed by atoms with Crippen LogP contribution in [0.5, 0.6) is 0 Å². The molecule has 6 N–H and O–H groups in total. The van der Waals surface area contributed by atoms with Crippen molar-refractivity contribution in [3.8, 4) is 0 Å². The van der Waals surface area contributed by atoms with Gasteiger partial charge in [-0.15, -0.1) is 11.8 Å². The SMILES string of the molecule is NC(=O)C(Cc1ccccc1)NC(=O)C1CC(NC(=O)CO)CCN1C(=O)CSCC(=O)O. The van der Waals surface area contributed by atoms with E-state index in [1.165, 1.54) is 4.90 Å². The molecule has 0 radical (unpaired) electrons. The van der Waals surface area contributed by atoms with Gasteiger partial charge in [-0.25, -0.2) is 0 Å². The van der Waals surface area contributed by atoms with Gasteiger partial charge in [0.05, 0.1) is 11.5 Å². The van der Waals surface area contributed by atoms with Gasteiger partial charge in [0.25, 0.3) is 0 Å². The van der Waals surface area contributed by atoms with Gasteiger partial charge in [-0.2, -0.15) is 0 Å². The fraction of sp³-hybridized carbons (Fsp3) is 0.476. The molecule has 0 aromatic heterocycles. The highest BCUT2D eigenvalue weighted by Crippen LogP contribution is 2.20. The lowest BCUT2D eigenvalue weighted by Gasteiger charge is -2.39. The molecule has 12 heteroatoms. The van der Waals surface area contributed by atoms with E-state index in [1.807, 2.05) is 6.07 Å². The van der Waals surface area contributed by atoms with E-state index in [1.54, 1.807) is 24.3 Å². The predicted molar refractivity (Wildman–Crippen MR) is 120 cm³/mol. The normalized spacial score (nSPS) is 18.8. The number of nitrogens with zero attached hydrogens (tertiary/aromatic N) is 1. The first kappa shape index (κ1) is 26.1. The minimum absolute atomic E-state index is 0.0731. The molecule has 1 aromatic carbocycles. The Morgan fingerprint density at radius 1 is 1.15 bits per heavy atom. The molecule has 1 saturated heterocycles. The largest absolute Gasteiger partial charge is 0.481 e. The maximum absolute atomic E-state index is 13.1. The first-order chi connectivity index (χ1) is 15.7. The third kappa shape index (κ3) is 8.39. The quantitative estimate of drug-likeness (QED) is 0.253. The number of carboxylic acid groups (broad SMARTS) is 1. The number of nitrogens with two attached hydrogens (primary N) is 1. The summed E-state index contributed by atoms with van der Waals surface area (Å²) < 4.78 is 0. The van der Waals surface area contributed by atoms with Crippen LogP contribution in [0.2, 0.25) is 0 Å². The first-order valence-electron chi connectivity index (χ1n) is 10.3. The number of benzene rings is 1. The Morgan fingerprint density at radius 3 is 2.45 bits per heavy atom. The number of hydrogen-bond acceptors (Lipinski definition) is 7.